The van der Waals surface area contributed by atoms with Gasteiger partial charge in [-0.1, -0.05) is 35.9 Å². The molecule has 6 nitrogen and oxygen atoms in total. The minimum absolute atomic E-state index is 0.0500. The zero-order chi connectivity index (χ0) is 27.1. The van der Waals surface area contributed by atoms with Gasteiger partial charge in [-0.2, -0.15) is 0 Å². The maximum absolute atomic E-state index is 13.6. The zero-order valence-corrected chi connectivity index (χ0v) is 23.0. The highest BCUT2D eigenvalue weighted by Crippen LogP contribution is 2.62. The van der Waals surface area contributed by atoms with Crippen molar-refractivity contribution in [2.24, 2.45) is 5.92 Å². The van der Waals surface area contributed by atoms with Crippen molar-refractivity contribution in [3.05, 3.63) is 70.8 Å². The van der Waals surface area contributed by atoms with Gasteiger partial charge in [0.05, 0.1) is 17.1 Å². The van der Waals surface area contributed by atoms with Crippen molar-refractivity contribution in [2.75, 3.05) is 13.1 Å². The number of carbonyl (C=O) groups excluding carboxylic acids is 1. The Labute approximate surface area is 230 Å². The number of aromatic hydroxyl groups is 1. The van der Waals surface area contributed by atoms with Crippen LogP contribution in [0.2, 0.25) is 0 Å². The van der Waals surface area contributed by atoms with Crippen molar-refractivity contribution < 1.29 is 19.7 Å². The lowest BCUT2D eigenvalue weighted by Crippen LogP contribution is -2.76. The first-order chi connectivity index (χ1) is 18.7. The summed E-state index contributed by atoms with van der Waals surface area (Å²) in [6, 6.07) is 15.3. The average molecular weight is 527 g/mol. The Kier molecular flexibility index (Phi) is 5.56. The number of aryl methyl sites for hydroxylation is 2. The number of amides is 1. The number of hydrogen-bond donors (Lipinski definition) is 3. The van der Waals surface area contributed by atoms with Gasteiger partial charge in [0, 0.05) is 23.7 Å². The van der Waals surface area contributed by atoms with Crippen LogP contribution in [0.5, 0.6) is 11.5 Å². The smallest absolute Gasteiger partial charge is 0.251 e. The van der Waals surface area contributed by atoms with Crippen LogP contribution >= 0.6 is 0 Å². The summed E-state index contributed by atoms with van der Waals surface area (Å²) in [5.74, 6) is 1.18. The SMILES string of the molecule is Cc1ccc2ccc(C(=O)N[C@@H]3CC[C@@]4(O)C(C)N(CC5CC5)CC[C@@]45c4c(C)ccc(O)c4O[C@@H]35)cc2c1. The summed E-state index contributed by atoms with van der Waals surface area (Å²) in [5.41, 5.74) is 1.97. The zero-order valence-electron chi connectivity index (χ0n) is 23.0. The summed E-state index contributed by atoms with van der Waals surface area (Å²) in [4.78, 5) is 16.1. The van der Waals surface area contributed by atoms with Crippen LogP contribution in [0.25, 0.3) is 10.8 Å². The lowest BCUT2D eigenvalue weighted by Gasteiger charge is -2.61. The molecule has 6 heteroatoms. The minimum Gasteiger partial charge on any atom is -0.504 e. The molecule has 3 aromatic rings. The van der Waals surface area contributed by atoms with Gasteiger partial charge in [-0.25, -0.2) is 0 Å². The van der Waals surface area contributed by atoms with E-state index in [1.165, 1.54) is 12.8 Å². The van der Waals surface area contributed by atoms with Gasteiger partial charge in [-0.15, -0.1) is 0 Å². The van der Waals surface area contributed by atoms with Crippen LogP contribution in [0.4, 0.5) is 0 Å². The topological polar surface area (TPSA) is 82.0 Å². The van der Waals surface area contributed by atoms with Gasteiger partial charge in [0.25, 0.3) is 5.91 Å². The molecule has 1 spiro atoms. The fourth-order valence-corrected chi connectivity index (χ4v) is 8.02. The molecule has 1 amide bonds. The second kappa shape index (κ2) is 8.70. The number of phenolic OH excluding ortho intramolecular Hbond substituents is 1. The predicted octanol–water partition coefficient (Wildman–Crippen LogP) is 4.99. The number of hydrogen-bond acceptors (Lipinski definition) is 5. The molecule has 2 aliphatic heterocycles. The fraction of sp³-hybridized carbons (Fsp3) is 0.485. The molecule has 4 aliphatic rings. The van der Waals surface area contributed by atoms with E-state index in [-0.39, 0.29) is 23.7 Å². The van der Waals surface area contributed by atoms with E-state index < -0.39 is 17.1 Å². The molecular formula is C33H38N2O4. The molecule has 2 heterocycles. The third-order valence-electron chi connectivity index (χ3n) is 10.3. The van der Waals surface area contributed by atoms with Crippen molar-refractivity contribution in [1.29, 1.82) is 0 Å². The first kappa shape index (κ1) is 24.9. The number of carbonyl (C=O) groups is 1. The van der Waals surface area contributed by atoms with E-state index >= 15 is 0 Å². The highest BCUT2D eigenvalue weighted by molar-refractivity contribution is 5.99. The number of nitrogens with one attached hydrogen (secondary N) is 1. The molecular weight excluding hydrogens is 488 g/mol. The summed E-state index contributed by atoms with van der Waals surface area (Å²) >= 11 is 0. The quantitative estimate of drug-likeness (QED) is 0.446. The highest BCUT2D eigenvalue weighted by atomic mass is 16.5. The van der Waals surface area contributed by atoms with Crippen LogP contribution in [0.1, 0.15) is 66.1 Å². The van der Waals surface area contributed by atoms with E-state index in [1.54, 1.807) is 6.07 Å². The number of nitrogens with zero attached hydrogens (tertiary/aromatic N) is 1. The normalized spacial score (nSPS) is 31.7. The van der Waals surface area contributed by atoms with Crippen LogP contribution in [0, 0.1) is 19.8 Å². The minimum atomic E-state index is -1.03. The molecule has 7 rings (SSSR count). The third-order valence-corrected chi connectivity index (χ3v) is 10.3. The third kappa shape index (κ3) is 3.64. The van der Waals surface area contributed by atoms with Crippen molar-refractivity contribution >= 4 is 16.7 Å². The summed E-state index contributed by atoms with van der Waals surface area (Å²) in [7, 11) is 0. The summed E-state index contributed by atoms with van der Waals surface area (Å²) < 4.78 is 6.62. The largest absolute Gasteiger partial charge is 0.504 e. The Morgan fingerprint density at radius 1 is 1.05 bits per heavy atom. The van der Waals surface area contributed by atoms with Crippen LogP contribution < -0.4 is 10.1 Å². The van der Waals surface area contributed by atoms with E-state index in [0.29, 0.717) is 24.2 Å². The van der Waals surface area contributed by atoms with Crippen molar-refractivity contribution in [2.45, 2.75) is 82.1 Å². The molecule has 3 fully saturated rings. The van der Waals surface area contributed by atoms with Crippen LogP contribution in [-0.2, 0) is 5.41 Å². The molecule has 0 bridgehead atoms. The Hall–Kier alpha value is -3.09. The molecule has 0 aromatic heterocycles. The van der Waals surface area contributed by atoms with E-state index in [9.17, 15) is 15.0 Å². The van der Waals surface area contributed by atoms with Gasteiger partial charge >= 0.3 is 0 Å². The molecule has 0 radical (unpaired) electrons. The van der Waals surface area contributed by atoms with Gasteiger partial charge in [0.15, 0.2) is 11.5 Å². The van der Waals surface area contributed by atoms with Crippen molar-refractivity contribution in [1.82, 2.24) is 10.2 Å². The molecule has 1 unspecified atom stereocenters. The molecule has 3 aromatic carbocycles. The van der Waals surface area contributed by atoms with Gasteiger partial charge in [-0.3, -0.25) is 9.69 Å². The molecule has 2 saturated carbocycles. The molecule has 1 saturated heterocycles. The number of aliphatic hydroxyl groups is 1. The fourth-order valence-electron chi connectivity index (χ4n) is 8.02. The molecule has 39 heavy (non-hydrogen) atoms. The molecule has 5 atom stereocenters. The van der Waals surface area contributed by atoms with Gasteiger partial charge < -0.3 is 20.3 Å². The van der Waals surface area contributed by atoms with Crippen molar-refractivity contribution in [3.63, 3.8) is 0 Å². The number of phenols is 1. The Morgan fingerprint density at radius 3 is 2.64 bits per heavy atom. The van der Waals surface area contributed by atoms with Crippen LogP contribution in [0.15, 0.2) is 48.5 Å². The number of rotatable bonds is 4. The van der Waals surface area contributed by atoms with E-state index in [1.807, 2.05) is 31.2 Å². The number of piperidine rings is 1. The summed E-state index contributed by atoms with van der Waals surface area (Å²) in [6.07, 6.45) is 3.98. The Morgan fingerprint density at radius 2 is 1.85 bits per heavy atom. The molecule has 204 valence electrons. The van der Waals surface area contributed by atoms with Crippen molar-refractivity contribution in [3.8, 4) is 11.5 Å². The predicted molar refractivity (Wildman–Crippen MR) is 151 cm³/mol. The Balaban J connectivity index is 1.26. The maximum Gasteiger partial charge on any atom is 0.251 e. The first-order valence-electron chi connectivity index (χ1n) is 14.5. The molecule has 2 aliphatic carbocycles. The van der Waals surface area contributed by atoms with E-state index in [4.69, 9.17) is 4.74 Å². The number of ether oxygens (including phenoxy) is 1. The Bertz CT molecular complexity index is 1480. The van der Waals surface area contributed by atoms with Crippen LogP contribution in [0.3, 0.4) is 0 Å². The number of benzene rings is 3. The first-order valence-corrected chi connectivity index (χ1v) is 14.5. The summed E-state index contributed by atoms with van der Waals surface area (Å²) in [6.45, 7) is 8.14. The lowest BCUT2D eigenvalue weighted by atomic mass is 9.51. The highest BCUT2D eigenvalue weighted by Gasteiger charge is 2.70. The van der Waals surface area contributed by atoms with E-state index in [2.05, 4.69) is 42.3 Å². The van der Waals surface area contributed by atoms with Gasteiger partial charge in [-0.05, 0) is 99.9 Å². The second-order valence-electron chi connectivity index (χ2n) is 12.6. The number of fused-ring (bicyclic) bond motifs is 2. The summed E-state index contributed by atoms with van der Waals surface area (Å²) in [5, 5.41) is 29.0. The lowest BCUT2D eigenvalue weighted by molar-refractivity contribution is -0.181. The standard InChI is InChI=1S/C33H38N2O4/c1-19-4-8-23-9-10-24(17-25(23)16-19)31(37)34-26-12-13-33(38)21(3)35(18-22-6-7-22)15-14-32(33)28-20(2)5-11-27(36)29(28)39-30(26)32/h4-5,8-11,16-17,21-22,26,30,36,38H,6-7,12-15,18H2,1-3H3,(H,34,37)/t21?,26-,30+,32+,33-/m1/s1. The number of likely N-dealkylation sites (tertiary alicyclic amines) is 1. The maximum atomic E-state index is 13.6. The second-order valence-corrected chi connectivity index (χ2v) is 12.6. The van der Waals surface area contributed by atoms with Gasteiger partial charge in [0.2, 0.25) is 0 Å². The van der Waals surface area contributed by atoms with Crippen LogP contribution in [-0.4, -0.2) is 57.9 Å². The molecule has 3 N–H and O–H groups in total. The van der Waals surface area contributed by atoms with Gasteiger partial charge in [0.1, 0.15) is 6.10 Å². The monoisotopic (exact) mass is 526 g/mol. The average Bonchev–Trinajstić information content (AvgIpc) is 3.66. The van der Waals surface area contributed by atoms with E-state index in [0.717, 1.165) is 52.9 Å².